The normalized spacial score (nSPS) is 21.0. The van der Waals surface area contributed by atoms with Gasteiger partial charge < -0.3 is 15.0 Å². The van der Waals surface area contributed by atoms with Crippen molar-refractivity contribution in [1.82, 2.24) is 14.9 Å². The van der Waals surface area contributed by atoms with Gasteiger partial charge in [-0.1, -0.05) is 36.8 Å². The summed E-state index contributed by atoms with van der Waals surface area (Å²) in [5.41, 5.74) is 2.98. The number of hydrogen-bond acceptors (Lipinski definition) is 5. The molecule has 2 aromatic heterocycles. The maximum Gasteiger partial charge on any atom is 0.328 e. The van der Waals surface area contributed by atoms with E-state index < -0.39 is 0 Å². The Morgan fingerprint density at radius 1 is 1.11 bits per heavy atom. The highest BCUT2D eigenvalue weighted by molar-refractivity contribution is 7.25. The van der Waals surface area contributed by atoms with Crippen molar-refractivity contribution in [1.29, 1.82) is 0 Å². The molecule has 4 aromatic rings. The number of thiophene rings is 1. The maximum atomic E-state index is 13.1. The third kappa shape index (κ3) is 4.09. The fourth-order valence-corrected chi connectivity index (χ4v) is 7.24. The second-order valence-electron chi connectivity index (χ2n) is 9.56. The van der Waals surface area contributed by atoms with Crippen LogP contribution in [0.2, 0.25) is 0 Å². The molecule has 3 heterocycles. The summed E-state index contributed by atoms with van der Waals surface area (Å²) in [6, 6.07) is 14.7. The fraction of sp³-hybridized carbons (Fsp3) is 0.407. The van der Waals surface area contributed by atoms with Gasteiger partial charge in [-0.25, -0.2) is 4.79 Å². The van der Waals surface area contributed by atoms with Crippen molar-refractivity contribution in [2.24, 2.45) is 5.92 Å². The Balaban J connectivity index is 0.00000253. The number of aromatic nitrogens is 2. The van der Waals surface area contributed by atoms with Crippen LogP contribution in [0.3, 0.4) is 0 Å². The molecular formula is C27H30ClN3O3S. The van der Waals surface area contributed by atoms with Gasteiger partial charge in [-0.05, 0) is 55.8 Å². The van der Waals surface area contributed by atoms with Gasteiger partial charge in [0.1, 0.15) is 10.4 Å². The molecule has 1 unspecified atom stereocenters. The van der Waals surface area contributed by atoms with Crippen LogP contribution in [0.25, 0.3) is 20.3 Å². The number of unbranched alkanes of at least 4 members (excludes halogenated alkanes) is 1. The number of benzene rings is 2. The quantitative estimate of drug-likeness (QED) is 0.364. The fourth-order valence-electron chi connectivity index (χ4n) is 6.14. The third-order valence-corrected chi connectivity index (χ3v) is 8.90. The number of hydrogen-bond donors (Lipinski definition) is 2. The number of aryl methyl sites for hydroxylation is 1. The Morgan fingerprint density at radius 2 is 1.97 bits per heavy atom. The van der Waals surface area contributed by atoms with Gasteiger partial charge in [0.2, 0.25) is 0 Å². The lowest BCUT2D eigenvalue weighted by Gasteiger charge is -2.32. The van der Waals surface area contributed by atoms with Crippen LogP contribution < -0.4 is 21.3 Å². The predicted octanol–water partition coefficient (Wildman–Crippen LogP) is 4.82. The number of methoxy groups -OCH3 is 1. The molecular weight excluding hydrogens is 482 g/mol. The van der Waals surface area contributed by atoms with E-state index in [0.717, 1.165) is 48.1 Å². The molecule has 0 radical (unpaired) electrons. The van der Waals surface area contributed by atoms with Gasteiger partial charge in [0, 0.05) is 34.2 Å². The van der Waals surface area contributed by atoms with Gasteiger partial charge in [-0.3, -0.25) is 9.36 Å². The van der Waals surface area contributed by atoms with Crippen LogP contribution in [-0.4, -0.2) is 29.2 Å². The lowest BCUT2D eigenvalue weighted by atomic mass is 9.73. The van der Waals surface area contributed by atoms with E-state index in [4.69, 9.17) is 4.74 Å². The van der Waals surface area contributed by atoms with E-state index in [1.54, 1.807) is 7.11 Å². The van der Waals surface area contributed by atoms with Crippen molar-refractivity contribution in [2.45, 2.75) is 50.6 Å². The van der Waals surface area contributed by atoms with Gasteiger partial charge in [-0.2, -0.15) is 0 Å². The summed E-state index contributed by atoms with van der Waals surface area (Å²) in [6.45, 7) is 1.49. The van der Waals surface area contributed by atoms with E-state index in [-0.39, 0.29) is 23.7 Å². The minimum absolute atomic E-state index is 0. The molecule has 1 fully saturated rings. The molecule has 184 valence electrons. The molecule has 0 spiro atoms. The largest absolute Gasteiger partial charge is 0.496 e. The van der Waals surface area contributed by atoms with E-state index in [0.29, 0.717) is 34.6 Å². The highest BCUT2D eigenvalue weighted by Gasteiger charge is 2.41. The van der Waals surface area contributed by atoms with Crippen molar-refractivity contribution >= 4 is 44.0 Å². The minimum Gasteiger partial charge on any atom is -0.496 e. The van der Waals surface area contributed by atoms with Crippen LogP contribution in [0.5, 0.6) is 5.75 Å². The van der Waals surface area contributed by atoms with E-state index >= 15 is 0 Å². The summed E-state index contributed by atoms with van der Waals surface area (Å²) in [6.07, 6.45) is 5.12. The maximum absolute atomic E-state index is 13.1. The number of H-pyrrole nitrogens is 1. The van der Waals surface area contributed by atoms with Gasteiger partial charge in [0.15, 0.2) is 0 Å². The van der Waals surface area contributed by atoms with Crippen molar-refractivity contribution in [3.8, 4) is 5.75 Å². The summed E-state index contributed by atoms with van der Waals surface area (Å²) < 4.78 is 8.76. The van der Waals surface area contributed by atoms with Crippen molar-refractivity contribution in [2.75, 3.05) is 13.7 Å². The Kier molecular flexibility index (Phi) is 6.75. The lowest BCUT2D eigenvalue weighted by molar-refractivity contribution is 0.360. The molecule has 6 nitrogen and oxygen atoms in total. The zero-order chi connectivity index (χ0) is 23.2. The van der Waals surface area contributed by atoms with Crippen LogP contribution in [-0.2, 0) is 13.0 Å². The highest BCUT2D eigenvalue weighted by Crippen LogP contribution is 2.46. The van der Waals surface area contributed by atoms with E-state index in [9.17, 15) is 9.59 Å². The first-order chi connectivity index (χ1) is 16.7. The second kappa shape index (κ2) is 9.80. The number of fused-ring (bicyclic) bond motifs is 6. The summed E-state index contributed by atoms with van der Waals surface area (Å²) in [5.74, 6) is 2.13. The second-order valence-corrected chi connectivity index (χ2v) is 10.6. The first kappa shape index (κ1) is 24.1. The number of aromatic amines is 1. The predicted molar refractivity (Wildman–Crippen MR) is 145 cm³/mol. The average Bonchev–Trinajstić information content (AvgIpc) is 3.44. The Morgan fingerprint density at radius 3 is 2.83 bits per heavy atom. The number of halogens is 1. The Hall–Kier alpha value is -2.61. The van der Waals surface area contributed by atoms with Crippen LogP contribution in [0.15, 0.2) is 52.1 Å². The molecule has 2 aromatic carbocycles. The smallest absolute Gasteiger partial charge is 0.328 e. The standard InChI is InChI=1S/C27H29N3O3S.ClH/c1-33-20-10-6-7-16-12-13-17-15-28-19(22(17)23(16)20)9-4-5-14-30-26(31)25-24(29-27(30)32)18-8-2-3-11-21(18)34-25;/h2-3,6-8,10-11,17,19,22,28H,4-5,9,12-15H2,1H3,(H,29,32);1H/t17-,19?,22-;/m0./s1. The molecule has 1 saturated heterocycles. The SMILES string of the molecule is COc1cccc2c1[C@@H]1C(CCCCn3c(=O)[nH]c4c(sc5ccccc54)c3=O)NC[C@@H]1CC2.Cl. The third-order valence-electron chi connectivity index (χ3n) is 7.74. The average molecular weight is 512 g/mol. The Labute approximate surface area is 213 Å². The number of nitrogens with one attached hydrogen (secondary N) is 2. The van der Waals surface area contributed by atoms with Crippen LogP contribution in [0, 0.1) is 5.92 Å². The summed E-state index contributed by atoms with van der Waals surface area (Å²) in [4.78, 5) is 28.8. The van der Waals surface area contributed by atoms with E-state index in [1.807, 2.05) is 24.3 Å². The summed E-state index contributed by atoms with van der Waals surface area (Å²) in [7, 11) is 1.76. The molecule has 2 N–H and O–H groups in total. The number of nitrogens with zero attached hydrogens (tertiary/aromatic N) is 1. The molecule has 0 amide bonds. The van der Waals surface area contributed by atoms with E-state index in [2.05, 4.69) is 28.5 Å². The highest BCUT2D eigenvalue weighted by atomic mass is 35.5. The zero-order valence-electron chi connectivity index (χ0n) is 19.7. The molecule has 6 rings (SSSR count). The minimum atomic E-state index is -0.314. The van der Waals surface area contributed by atoms with Gasteiger partial charge in [0.05, 0.1) is 12.6 Å². The van der Waals surface area contributed by atoms with Gasteiger partial charge >= 0.3 is 5.69 Å². The van der Waals surface area contributed by atoms with Gasteiger partial charge in [0.25, 0.3) is 5.56 Å². The molecule has 0 saturated carbocycles. The van der Waals surface area contributed by atoms with E-state index in [1.165, 1.54) is 33.5 Å². The monoisotopic (exact) mass is 511 g/mol. The zero-order valence-corrected chi connectivity index (χ0v) is 21.3. The summed E-state index contributed by atoms with van der Waals surface area (Å²) >= 11 is 1.45. The molecule has 0 bridgehead atoms. The van der Waals surface area contributed by atoms with Crippen molar-refractivity contribution in [3.63, 3.8) is 0 Å². The number of ether oxygens (including phenoxy) is 1. The van der Waals surface area contributed by atoms with Crippen molar-refractivity contribution in [3.05, 3.63) is 74.4 Å². The molecule has 8 heteroatoms. The lowest BCUT2D eigenvalue weighted by Crippen LogP contribution is -2.34. The first-order valence-corrected chi connectivity index (χ1v) is 13.0. The van der Waals surface area contributed by atoms with Gasteiger partial charge in [-0.15, -0.1) is 23.7 Å². The summed E-state index contributed by atoms with van der Waals surface area (Å²) in [5, 5.41) is 4.70. The van der Waals surface area contributed by atoms with Crippen molar-refractivity contribution < 1.29 is 4.74 Å². The van der Waals surface area contributed by atoms with Crippen LogP contribution >= 0.6 is 23.7 Å². The Bertz CT molecular complexity index is 1480. The molecule has 1 aliphatic heterocycles. The van der Waals surface area contributed by atoms with Crippen LogP contribution in [0.1, 0.15) is 42.7 Å². The first-order valence-electron chi connectivity index (χ1n) is 12.2. The molecule has 35 heavy (non-hydrogen) atoms. The molecule has 1 aliphatic carbocycles. The number of rotatable bonds is 6. The molecule has 2 aliphatic rings. The topological polar surface area (TPSA) is 76.1 Å². The van der Waals surface area contributed by atoms with Crippen LogP contribution in [0.4, 0.5) is 0 Å². The molecule has 3 atom stereocenters.